The minimum absolute atomic E-state index is 0. The molecule has 1 amide bonds. The van der Waals surface area contributed by atoms with Gasteiger partial charge in [0.2, 0.25) is 0 Å². The van der Waals surface area contributed by atoms with Crippen molar-refractivity contribution >= 4 is 29.9 Å². The van der Waals surface area contributed by atoms with Crippen molar-refractivity contribution in [1.29, 1.82) is 0 Å². The third-order valence-electron chi connectivity index (χ3n) is 5.38. The maximum Gasteiger partial charge on any atom is 0.252 e. The van der Waals surface area contributed by atoms with Gasteiger partial charge in [0.05, 0.1) is 10.6 Å². The fourth-order valence-corrected chi connectivity index (χ4v) is 3.93. The van der Waals surface area contributed by atoms with Crippen LogP contribution < -0.4 is 10.6 Å². The Bertz CT molecular complexity index is 562. The Kier molecular flexibility index (Phi) is 19.8. The average Bonchev–Trinajstić information content (AvgIpc) is 2.64. The van der Waals surface area contributed by atoms with Crippen LogP contribution in [-0.4, -0.2) is 37.3 Å². The smallest absolute Gasteiger partial charge is 0.252 e. The van der Waals surface area contributed by atoms with Gasteiger partial charge in [0, 0.05) is 13.2 Å². The summed E-state index contributed by atoms with van der Waals surface area (Å²) >= 11 is 6.28. The lowest BCUT2D eigenvalue weighted by Gasteiger charge is -2.20. The van der Waals surface area contributed by atoms with Gasteiger partial charge in [0.15, 0.2) is 0 Å². The Hall–Kier alpha value is -0.810. The van der Waals surface area contributed by atoms with Crippen LogP contribution in [0.1, 0.15) is 88.6 Å². The molecule has 1 saturated carbocycles. The van der Waals surface area contributed by atoms with E-state index in [-0.39, 0.29) is 39.8 Å². The summed E-state index contributed by atoms with van der Waals surface area (Å²) in [6, 6.07) is 5.77. The normalized spacial score (nSPS) is 14.3. The molecule has 30 heavy (non-hydrogen) atoms. The molecule has 4 nitrogen and oxygen atoms in total. The third kappa shape index (κ3) is 12.1. The van der Waals surface area contributed by atoms with Crippen molar-refractivity contribution in [1.82, 2.24) is 10.6 Å². The zero-order chi connectivity index (χ0) is 19.3. The molecular formula is C24H44Cl2N2O2. The van der Waals surface area contributed by atoms with Crippen LogP contribution in [0, 0.1) is 5.92 Å². The van der Waals surface area contributed by atoms with E-state index < -0.39 is 0 Å². The van der Waals surface area contributed by atoms with Crippen LogP contribution in [0.4, 0.5) is 0 Å². The number of hydrogen-bond acceptors (Lipinski definition) is 3. The molecule has 1 aliphatic rings. The van der Waals surface area contributed by atoms with E-state index in [2.05, 4.69) is 10.6 Å². The molecule has 0 unspecified atom stereocenters. The molecule has 3 N–H and O–H groups in total. The Morgan fingerprint density at radius 2 is 1.67 bits per heavy atom. The number of hydrogen-bond donors (Lipinski definition) is 3. The second-order valence-corrected chi connectivity index (χ2v) is 8.07. The van der Waals surface area contributed by atoms with E-state index in [9.17, 15) is 4.79 Å². The summed E-state index contributed by atoms with van der Waals surface area (Å²) in [4.78, 5) is 12.6. The molecule has 1 fully saturated rings. The van der Waals surface area contributed by atoms with Gasteiger partial charge in [-0.1, -0.05) is 64.6 Å². The van der Waals surface area contributed by atoms with Crippen molar-refractivity contribution in [2.24, 2.45) is 5.92 Å². The molecule has 0 bridgehead atoms. The van der Waals surface area contributed by atoms with Crippen molar-refractivity contribution in [3.63, 3.8) is 0 Å². The van der Waals surface area contributed by atoms with Gasteiger partial charge in [-0.3, -0.25) is 4.79 Å². The van der Waals surface area contributed by atoms with Gasteiger partial charge < -0.3 is 15.7 Å². The van der Waals surface area contributed by atoms with Gasteiger partial charge >= 0.3 is 0 Å². The number of carbonyl (C=O) groups excluding carboxylic acids is 1. The Morgan fingerprint density at radius 1 is 1.03 bits per heavy atom. The number of rotatable bonds is 10. The van der Waals surface area contributed by atoms with Crippen molar-refractivity contribution < 1.29 is 9.90 Å². The van der Waals surface area contributed by atoms with E-state index in [1.165, 1.54) is 44.9 Å². The largest absolute Gasteiger partial charge is 0.396 e. The minimum atomic E-state index is -0.0509. The maximum absolute atomic E-state index is 12.6. The highest BCUT2D eigenvalue weighted by atomic mass is 35.5. The molecule has 6 heteroatoms. The zero-order valence-corrected chi connectivity index (χ0v) is 18.4. The SMILES string of the molecule is C.C.Cl.O=C(NCC1CCCCCCC1)c1cc(CCCNCCCO)ccc1Cl. The summed E-state index contributed by atoms with van der Waals surface area (Å²) in [6.45, 7) is 2.73. The molecule has 1 aliphatic carbocycles. The highest BCUT2D eigenvalue weighted by Crippen LogP contribution is 2.22. The second-order valence-electron chi connectivity index (χ2n) is 7.67. The monoisotopic (exact) mass is 462 g/mol. The zero-order valence-electron chi connectivity index (χ0n) is 16.9. The molecule has 1 aromatic carbocycles. The predicted octanol–water partition coefficient (Wildman–Crippen LogP) is 6.03. The van der Waals surface area contributed by atoms with E-state index >= 15 is 0 Å². The number of amides is 1. The predicted molar refractivity (Wildman–Crippen MR) is 133 cm³/mol. The van der Waals surface area contributed by atoms with Crippen LogP contribution >= 0.6 is 24.0 Å². The molecule has 0 spiro atoms. The number of benzene rings is 1. The number of halogens is 2. The fourth-order valence-electron chi connectivity index (χ4n) is 3.73. The lowest BCUT2D eigenvalue weighted by atomic mass is 9.91. The first-order chi connectivity index (χ1) is 13.2. The first kappa shape index (κ1) is 31.4. The average molecular weight is 464 g/mol. The number of aliphatic hydroxyl groups is 1. The minimum Gasteiger partial charge on any atom is -0.396 e. The van der Waals surface area contributed by atoms with E-state index in [0.717, 1.165) is 44.5 Å². The third-order valence-corrected chi connectivity index (χ3v) is 5.71. The Labute approximate surface area is 196 Å². The van der Waals surface area contributed by atoms with Crippen LogP contribution in [-0.2, 0) is 6.42 Å². The van der Waals surface area contributed by atoms with Gasteiger partial charge in [-0.15, -0.1) is 12.4 Å². The maximum atomic E-state index is 12.6. The van der Waals surface area contributed by atoms with E-state index in [1.807, 2.05) is 18.2 Å². The molecule has 0 radical (unpaired) electrons. The highest BCUT2D eigenvalue weighted by molar-refractivity contribution is 6.33. The molecule has 2 rings (SSSR count). The van der Waals surface area contributed by atoms with Crippen molar-refractivity contribution in [2.75, 3.05) is 26.2 Å². The van der Waals surface area contributed by atoms with Crippen LogP contribution in [0.3, 0.4) is 0 Å². The molecule has 0 saturated heterocycles. The Morgan fingerprint density at radius 3 is 2.33 bits per heavy atom. The van der Waals surface area contributed by atoms with Crippen molar-refractivity contribution in [2.45, 2.75) is 79.1 Å². The van der Waals surface area contributed by atoms with Gasteiger partial charge in [-0.05, 0) is 68.8 Å². The van der Waals surface area contributed by atoms with Gasteiger partial charge in [0.1, 0.15) is 0 Å². The summed E-state index contributed by atoms with van der Waals surface area (Å²) < 4.78 is 0. The first-order valence-corrected chi connectivity index (χ1v) is 11.0. The van der Waals surface area contributed by atoms with Crippen LogP contribution in [0.15, 0.2) is 18.2 Å². The quantitative estimate of drug-likeness (QED) is 0.372. The second kappa shape index (κ2) is 18.9. The number of aliphatic hydroxyl groups excluding tert-OH is 1. The fraction of sp³-hybridized carbons (Fsp3) is 0.708. The van der Waals surface area contributed by atoms with Crippen molar-refractivity contribution in [3.8, 4) is 0 Å². The number of nitrogens with one attached hydrogen (secondary N) is 2. The van der Waals surface area contributed by atoms with E-state index in [1.54, 1.807) is 0 Å². The number of carbonyl (C=O) groups is 1. The molecule has 1 aromatic rings. The van der Waals surface area contributed by atoms with Crippen LogP contribution in [0.2, 0.25) is 5.02 Å². The molecule has 0 aliphatic heterocycles. The molecule has 0 aromatic heterocycles. The molecule has 176 valence electrons. The van der Waals surface area contributed by atoms with Crippen LogP contribution in [0.5, 0.6) is 0 Å². The lowest BCUT2D eigenvalue weighted by molar-refractivity contribution is 0.0944. The number of aryl methyl sites for hydroxylation is 1. The standard InChI is InChI=1S/C22H35ClN2O2.2CH4.ClH/c23-21-12-11-18(10-6-13-24-14-7-15-26)16-20(21)22(27)25-17-19-8-4-2-1-3-5-9-19;;;/h11-12,16,19,24,26H,1-10,13-15,17H2,(H,25,27);2*1H4;1H. The summed E-state index contributed by atoms with van der Waals surface area (Å²) in [5.41, 5.74) is 1.73. The summed E-state index contributed by atoms with van der Waals surface area (Å²) in [5, 5.41) is 15.7. The van der Waals surface area contributed by atoms with Gasteiger partial charge in [-0.2, -0.15) is 0 Å². The van der Waals surface area contributed by atoms with E-state index in [0.29, 0.717) is 16.5 Å². The highest BCUT2D eigenvalue weighted by Gasteiger charge is 2.15. The first-order valence-electron chi connectivity index (χ1n) is 10.6. The topological polar surface area (TPSA) is 61.4 Å². The summed E-state index contributed by atoms with van der Waals surface area (Å²) in [7, 11) is 0. The Balaban J connectivity index is 0. The van der Waals surface area contributed by atoms with Crippen LogP contribution in [0.25, 0.3) is 0 Å². The summed E-state index contributed by atoms with van der Waals surface area (Å²) in [6.07, 6.45) is 11.7. The molecule has 0 heterocycles. The lowest BCUT2D eigenvalue weighted by Crippen LogP contribution is -2.30. The molecule has 0 atom stereocenters. The van der Waals surface area contributed by atoms with Crippen molar-refractivity contribution in [3.05, 3.63) is 34.3 Å². The van der Waals surface area contributed by atoms with Gasteiger partial charge in [-0.25, -0.2) is 0 Å². The van der Waals surface area contributed by atoms with E-state index in [4.69, 9.17) is 16.7 Å². The van der Waals surface area contributed by atoms with Gasteiger partial charge in [0.25, 0.3) is 5.91 Å². The molecular weight excluding hydrogens is 419 g/mol. The summed E-state index contributed by atoms with van der Waals surface area (Å²) in [5.74, 6) is 0.547.